The van der Waals surface area contributed by atoms with Gasteiger partial charge in [-0.05, 0) is 42.0 Å². The molecule has 1 amide bonds. The number of anilines is 1. The van der Waals surface area contributed by atoms with Crippen LogP contribution in [0.3, 0.4) is 0 Å². The smallest absolute Gasteiger partial charge is 0.281 e. The first-order chi connectivity index (χ1) is 18.0. The molecule has 37 heavy (non-hydrogen) atoms. The van der Waals surface area contributed by atoms with Gasteiger partial charge in [-0.3, -0.25) is 14.9 Å². The van der Waals surface area contributed by atoms with Crippen molar-refractivity contribution >= 4 is 40.7 Å². The van der Waals surface area contributed by atoms with Gasteiger partial charge < -0.3 is 4.74 Å². The van der Waals surface area contributed by atoms with Crippen molar-refractivity contribution in [3.63, 3.8) is 0 Å². The molecule has 0 N–H and O–H groups in total. The second kappa shape index (κ2) is 10.5. The lowest BCUT2D eigenvalue weighted by molar-refractivity contribution is -0.384. The summed E-state index contributed by atoms with van der Waals surface area (Å²) in [4.78, 5) is 24.2. The maximum Gasteiger partial charge on any atom is 0.281 e. The number of nitro groups is 1. The highest BCUT2D eigenvalue weighted by Gasteiger charge is 2.32. The first kappa shape index (κ1) is 24.0. The predicted octanol–water partition coefficient (Wildman–Crippen LogP) is 6.66. The summed E-state index contributed by atoms with van der Waals surface area (Å²) in [7, 11) is 0. The number of rotatable bonds is 7. The van der Waals surface area contributed by atoms with Crippen molar-refractivity contribution in [3.8, 4) is 5.75 Å². The number of nitro benzene ring substituents is 1. The van der Waals surface area contributed by atoms with Gasteiger partial charge in [0, 0.05) is 28.3 Å². The monoisotopic (exact) mass is 509 g/mol. The van der Waals surface area contributed by atoms with E-state index in [1.54, 1.807) is 18.2 Å². The fourth-order valence-corrected chi connectivity index (χ4v) is 4.00. The maximum absolute atomic E-state index is 13.6. The molecule has 0 spiro atoms. The standard InChI is InChI=1S/C29H20ClN3O4/c30-23-12-10-20(11-13-23)19-37-27-9-5-4-8-22(27)18-26-28(21-6-2-1-3-7-21)31-32(29(26)34)24-14-16-25(17-15-24)33(35)36/h1-18H,19H2/b26-18+. The number of carbonyl (C=O) groups is 1. The van der Waals surface area contributed by atoms with Gasteiger partial charge in [0.2, 0.25) is 0 Å². The van der Waals surface area contributed by atoms with Gasteiger partial charge in [0.1, 0.15) is 18.1 Å². The zero-order valence-electron chi connectivity index (χ0n) is 19.5. The predicted molar refractivity (Wildman–Crippen MR) is 144 cm³/mol. The number of nitrogens with zero attached hydrogens (tertiary/aromatic N) is 3. The van der Waals surface area contributed by atoms with Crippen LogP contribution in [0.25, 0.3) is 6.08 Å². The molecule has 0 saturated carbocycles. The van der Waals surface area contributed by atoms with Crippen LogP contribution < -0.4 is 9.75 Å². The molecule has 1 aliphatic rings. The Bertz CT molecular complexity index is 1520. The second-order valence-electron chi connectivity index (χ2n) is 8.22. The number of benzene rings is 4. The Hall–Kier alpha value is -4.75. The number of para-hydroxylation sites is 1. The topological polar surface area (TPSA) is 85.0 Å². The van der Waals surface area contributed by atoms with Gasteiger partial charge in [-0.1, -0.05) is 72.3 Å². The van der Waals surface area contributed by atoms with E-state index in [1.807, 2.05) is 66.7 Å². The molecular weight excluding hydrogens is 490 g/mol. The Morgan fingerprint density at radius 3 is 2.27 bits per heavy atom. The van der Waals surface area contributed by atoms with Gasteiger partial charge in [-0.2, -0.15) is 10.1 Å². The van der Waals surface area contributed by atoms with Crippen molar-refractivity contribution < 1.29 is 14.5 Å². The molecule has 0 atom stereocenters. The molecule has 0 unspecified atom stereocenters. The number of amides is 1. The number of hydrogen-bond donors (Lipinski definition) is 0. The van der Waals surface area contributed by atoms with Crippen LogP contribution in [0, 0.1) is 10.1 Å². The van der Waals surface area contributed by atoms with E-state index in [-0.39, 0.29) is 11.6 Å². The van der Waals surface area contributed by atoms with Crippen molar-refractivity contribution in [2.75, 3.05) is 5.01 Å². The van der Waals surface area contributed by atoms with Crippen LogP contribution in [0.4, 0.5) is 11.4 Å². The van der Waals surface area contributed by atoms with Gasteiger partial charge in [0.05, 0.1) is 16.2 Å². The van der Waals surface area contributed by atoms with Crippen LogP contribution in [0.1, 0.15) is 16.7 Å². The molecule has 0 saturated heterocycles. The van der Waals surface area contributed by atoms with Crippen molar-refractivity contribution in [2.45, 2.75) is 6.61 Å². The van der Waals surface area contributed by atoms with Crippen molar-refractivity contribution in [1.82, 2.24) is 0 Å². The number of ether oxygens (including phenoxy) is 1. The summed E-state index contributed by atoms with van der Waals surface area (Å²) >= 11 is 5.98. The third-order valence-electron chi connectivity index (χ3n) is 5.76. The van der Waals surface area contributed by atoms with Crippen molar-refractivity contribution in [3.05, 3.63) is 141 Å². The van der Waals surface area contributed by atoms with E-state index in [0.717, 1.165) is 11.1 Å². The van der Waals surface area contributed by atoms with E-state index in [4.69, 9.17) is 16.3 Å². The lowest BCUT2D eigenvalue weighted by Crippen LogP contribution is -2.21. The first-order valence-corrected chi connectivity index (χ1v) is 11.8. The number of hydrogen-bond acceptors (Lipinski definition) is 5. The number of carbonyl (C=O) groups excluding carboxylic acids is 1. The molecule has 0 bridgehead atoms. The maximum atomic E-state index is 13.6. The molecule has 5 rings (SSSR count). The molecule has 1 aliphatic heterocycles. The van der Waals surface area contributed by atoms with E-state index in [1.165, 1.54) is 29.3 Å². The van der Waals surface area contributed by atoms with Gasteiger partial charge in [-0.25, -0.2) is 0 Å². The summed E-state index contributed by atoms with van der Waals surface area (Å²) in [6, 6.07) is 30.0. The average Bonchev–Trinajstić information content (AvgIpc) is 3.25. The van der Waals surface area contributed by atoms with Gasteiger partial charge >= 0.3 is 0 Å². The Labute approximate surface area is 218 Å². The lowest BCUT2D eigenvalue weighted by atomic mass is 10.00. The Kier molecular flexibility index (Phi) is 6.78. The van der Waals surface area contributed by atoms with Crippen LogP contribution in [0.5, 0.6) is 5.75 Å². The summed E-state index contributed by atoms with van der Waals surface area (Å²) < 4.78 is 6.08. The molecule has 4 aromatic carbocycles. The zero-order chi connectivity index (χ0) is 25.8. The summed E-state index contributed by atoms with van der Waals surface area (Å²) in [5.74, 6) is 0.263. The molecule has 0 fully saturated rings. The fraction of sp³-hybridized carbons (Fsp3) is 0.0345. The normalized spacial score (nSPS) is 14.1. The molecule has 182 valence electrons. The molecule has 4 aromatic rings. The molecule has 7 nitrogen and oxygen atoms in total. The molecular formula is C29H20ClN3O4. The number of hydrazone groups is 1. The molecule has 1 heterocycles. The minimum Gasteiger partial charge on any atom is -0.488 e. The third kappa shape index (κ3) is 5.27. The molecule has 8 heteroatoms. The van der Waals surface area contributed by atoms with Crippen LogP contribution in [0.15, 0.2) is 114 Å². The minimum atomic E-state index is -0.486. The number of non-ortho nitro benzene ring substituents is 1. The van der Waals surface area contributed by atoms with Gasteiger partial charge in [-0.15, -0.1) is 0 Å². The van der Waals surface area contributed by atoms with E-state index >= 15 is 0 Å². The highest BCUT2D eigenvalue weighted by Crippen LogP contribution is 2.31. The highest BCUT2D eigenvalue weighted by molar-refractivity contribution is 6.37. The summed E-state index contributed by atoms with van der Waals surface area (Å²) in [5, 5.41) is 17.6. The molecule has 0 aromatic heterocycles. The van der Waals surface area contributed by atoms with E-state index in [9.17, 15) is 14.9 Å². The Balaban J connectivity index is 1.50. The number of halogens is 1. The largest absolute Gasteiger partial charge is 0.488 e. The van der Waals surface area contributed by atoms with E-state index in [2.05, 4.69) is 5.10 Å². The van der Waals surface area contributed by atoms with Crippen LogP contribution in [-0.2, 0) is 11.4 Å². The summed E-state index contributed by atoms with van der Waals surface area (Å²) in [5.41, 5.74) is 3.69. The van der Waals surface area contributed by atoms with Gasteiger partial charge in [0.25, 0.3) is 11.6 Å². The van der Waals surface area contributed by atoms with Crippen molar-refractivity contribution in [1.29, 1.82) is 0 Å². The van der Waals surface area contributed by atoms with E-state index in [0.29, 0.717) is 39.9 Å². The second-order valence-corrected chi connectivity index (χ2v) is 8.65. The highest BCUT2D eigenvalue weighted by atomic mass is 35.5. The summed E-state index contributed by atoms with van der Waals surface area (Å²) in [6.07, 6.45) is 1.76. The van der Waals surface area contributed by atoms with Crippen LogP contribution in [0.2, 0.25) is 5.02 Å². The fourth-order valence-electron chi connectivity index (χ4n) is 3.87. The first-order valence-electron chi connectivity index (χ1n) is 11.4. The summed E-state index contributed by atoms with van der Waals surface area (Å²) in [6.45, 7) is 0.333. The van der Waals surface area contributed by atoms with E-state index < -0.39 is 4.92 Å². The van der Waals surface area contributed by atoms with Gasteiger partial charge in [0.15, 0.2) is 0 Å². The SMILES string of the molecule is O=C1/C(=C/c2ccccc2OCc2ccc(Cl)cc2)C(c2ccccc2)=NN1c1ccc([N+](=O)[O-])cc1. The van der Waals surface area contributed by atoms with Crippen LogP contribution in [-0.4, -0.2) is 16.5 Å². The zero-order valence-corrected chi connectivity index (χ0v) is 20.2. The average molecular weight is 510 g/mol. The molecule has 0 radical (unpaired) electrons. The third-order valence-corrected chi connectivity index (χ3v) is 6.01. The minimum absolute atomic E-state index is 0.0646. The molecule has 0 aliphatic carbocycles. The lowest BCUT2D eigenvalue weighted by Gasteiger charge is -2.12. The quantitative estimate of drug-likeness (QED) is 0.158. The Morgan fingerprint density at radius 1 is 0.892 bits per heavy atom. The van der Waals surface area contributed by atoms with Crippen molar-refractivity contribution in [2.24, 2.45) is 5.10 Å². The Morgan fingerprint density at radius 2 is 1.57 bits per heavy atom. The van der Waals surface area contributed by atoms with Crippen LogP contribution >= 0.6 is 11.6 Å².